The number of halogens is 1. The Hall–Kier alpha value is -0.480. The number of hydrogen-bond acceptors (Lipinski definition) is 3. The normalized spacial score (nSPS) is 7.12. The van der Waals surface area contributed by atoms with Crippen molar-refractivity contribution in [1.29, 1.82) is 0 Å². The maximum atomic E-state index is 9.48. The van der Waals surface area contributed by atoms with Crippen molar-refractivity contribution in [1.82, 2.24) is 0 Å². The molecular formula is C3H8ClNO3. The van der Waals surface area contributed by atoms with Crippen LogP contribution in [0.3, 0.4) is 0 Å². The zero-order chi connectivity index (χ0) is 5.70. The quantitative estimate of drug-likeness (QED) is 0.534. The van der Waals surface area contributed by atoms with Crippen LogP contribution in [0, 0.1) is 0 Å². The molecule has 0 aliphatic heterocycles. The summed E-state index contributed by atoms with van der Waals surface area (Å²) in [7, 11) is 0. The lowest BCUT2D eigenvalue weighted by Crippen LogP contribution is -2.11. The monoisotopic (exact) mass is 141 g/mol. The summed E-state index contributed by atoms with van der Waals surface area (Å²) >= 11 is 0. The average molecular weight is 142 g/mol. The van der Waals surface area contributed by atoms with Crippen molar-refractivity contribution in [2.45, 2.75) is 0 Å². The van der Waals surface area contributed by atoms with Crippen LogP contribution < -0.4 is 5.73 Å². The molecule has 50 valence electrons. The predicted molar refractivity (Wildman–Crippen MR) is 30.3 cm³/mol. The van der Waals surface area contributed by atoms with Gasteiger partial charge in [0, 0.05) is 6.54 Å². The number of nitrogens with two attached hydrogens (primary N) is 1. The van der Waals surface area contributed by atoms with Crippen LogP contribution in [0.5, 0.6) is 0 Å². The second-order valence-electron chi connectivity index (χ2n) is 0.903. The number of ether oxygens (including phenoxy) is 1. The Morgan fingerprint density at radius 3 is 2.38 bits per heavy atom. The van der Waals surface area contributed by atoms with Gasteiger partial charge in [0.05, 0.1) is 0 Å². The summed E-state index contributed by atoms with van der Waals surface area (Å²) in [4.78, 5) is 9.48. The van der Waals surface area contributed by atoms with Gasteiger partial charge < -0.3 is 15.6 Å². The highest BCUT2D eigenvalue weighted by atomic mass is 35.5. The van der Waals surface area contributed by atoms with E-state index in [9.17, 15) is 4.79 Å². The lowest BCUT2D eigenvalue weighted by Gasteiger charge is -1.92. The fourth-order valence-corrected chi connectivity index (χ4v) is 0.146. The molecule has 0 aliphatic rings. The van der Waals surface area contributed by atoms with Crippen molar-refractivity contribution in [3.63, 3.8) is 0 Å². The van der Waals surface area contributed by atoms with Crippen LogP contribution in [0.4, 0.5) is 4.79 Å². The highest BCUT2D eigenvalue weighted by Gasteiger charge is 1.89. The molecule has 8 heavy (non-hydrogen) atoms. The maximum absolute atomic E-state index is 9.48. The molecule has 0 radical (unpaired) electrons. The molecule has 0 aromatic heterocycles. The molecular weight excluding hydrogens is 133 g/mol. The van der Waals surface area contributed by atoms with Gasteiger partial charge >= 0.3 is 6.16 Å². The first kappa shape index (κ1) is 10.5. The first-order chi connectivity index (χ1) is 3.27. The number of carboxylic acid groups (broad SMARTS) is 1. The van der Waals surface area contributed by atoms with E-state index in [0.29, 0.717) is 0 Å². The van der Waals surface area contributed by atoms with Gasteiger partial charge in [0.15, 0.2) is 0 Å². The molecule has 0 saturated carbocycles. The zero-order valence-corrected chi connectivity index (χ0v) is 4.98. The Morgan fingerprint density at radius 1 is 1.75 bits per heavy atom. The Balaban J connectivity index is 0. The third-order valence-corrected chi connectivity index (χ3v) is 0.343. The summed E-state index contributed by atoms with van der Waals surface area (Å²) in [5, 5.41) is 7.77. The number of rotatable bonds is 2. The van der Waals surface area contributed by atoms with E-state index in [0.717, 1.165) is 0 Å². The standard InChI is InChI=1S/C3H7NO3.ClH/c4-1-2-7-3(5)6;/h1-2,4H2,(H,5,6);1H. The highest BCUT2D eigenvalue weighted by molar-refractivity contribution is 5.85. The van der Waals surface area contributed by atoms with Crippen LogP contribution in [0.15, 0.2) is 0 Å². The minimum absolute atomic E-state index is 0. The van der Waals surface area contributed by atoms with E-state index in [4.69, 9.17) is 10.8 Å². The van der Waals surface area contributed by atoms with Gasteiger partial charge in [-0.1, -0.05) is 0 Å². The molecule has 0 amide bonds. The predicted octanol–water partition coefficient (Wildman–Crippen LogP) is 0.0615. The van der Waals surface area contributed by atoms with Gasteiger partial charge in [-0.3, -0.25) is 0 Å². The van der Waals surface area contributed by atoms with E-state index in [1.165, 1.54) is 0 Å². The Kier molecular flexibility index (Phi) is 8.55. The molecule has 4 nitrogen and oxygen atoms in total. The fourth-order valence-electron chi connectivity index (χ4n) is 0.146. The van der Waals surface area contributed by atoms with Crippen molar-refractivity contribution in [2.75, 3.05) is 13.2 Å². The largest absolute Gasteiger partial charge is 0.505 e. The number of carbonyl (C=O) groups is 1. The summed E-state index contributed by atoms with van der Waals surface area (Å²) in [5.41, 5.74) is 4.89. The molecule has 3 N–H and O–H groups in total. The van der Waals surface area contributed by atoms with E-state index < -0.39 is 6.16 Å². The van der Waals surface area contributed by atoms with Crippen molar-refractivity contribution >= 4 is 18.6 Å². The third kappa shape index (κ3) is 9.10. The van der Waals surface area contributed by atoms with Gasteiger partial charge in [0.1, 0.15) is 6.61 Å². The number of hydrogen-bond donors (Lipinski definition) is 2. The average Bonchev–Trinajstić information content (AvgIpc) is 1.61. The fraction of sp³-hybridized carbons (Fsp3) is 0.667. The lowest BCUT2D eigenvalue weighted by atomic mass is 10.7. The summed E-state index contributed by atoms with van der Waals surface area (Å²) in [6.45, 7) is 0.321. The Bertz CT molecular complexity index is 67.5. The topological polar surface area (TPSA) is 72.5 Å². The first-order valence-corrected chi connectivity index (χ1v) is 1.83. The van der Waals surface area contributed by atoms with Crippen LogP contribution in [0.1, 0.15) is 0 Å². The molecule has 0 bridgehead atoms. The zero-order valence-electron chi connectivity index (χ0n) is 4.16. The lowest BCUT2D eigenvalue weighted by molar-refractivity contribution is 0.0944. The van der Waals surface area contributed by atoms with E-state index in [1.54, 1.807) is 0 Å². The van der Waals surface area contributed by atoms with Crippen molar-refractivity contribution in [3.05, 3.63) is 0 Å². The van der Waals surface area contributed by atoms with E-state index in [1.807, 2.05) is 0 Å². The maximum Gasteiger partial charge on any atom is 0.505 e. The SMILES string of the molecule is Cl.NCCOC(=O)O. The molecule has 0 spiro atoms. The molecule has 0 atom stereocenters. The van der Waals surface area contributed by atoms with Crippen molar-refractivity contribution in [3.8, 4) is 0 Å². The summed E-state index contributed by atoms with van der Waals surface area (Å²) in [6.07, 6.45) is -1.27. The highest BCUT2D eigenvalue weighted by Crippen LogP contribution is 1.69. The van der Waals surface area contributed by atoms with E-state index >= 15 is 0 Å². The second-order valence-corrected chi connectivity index (χ2v) is 0.903. The summed E-state index contributed by atoms with van der Waals surface area (Å²) in [6, 6.07) is 0. The van der Waals surface area contributed by atoms with Crippen LogP contribution in [-0.2, 0) is 4.74 Å². The van der Waals surface area contributed by atoms with Gasteiger partial charge in [0.2, 0.25) is 0 Å². The molecule has 0 saturated heterocycles. The van der Waals surface area contributed by atoms with Gasteiger partial charge in [0.25, 0.3) is 0 Å². The summed E-state index contributed by atoms with van der Waals surface area (Å²) in [5.74, 6) is 0. The van der Waals surface area contributed by atoms with Crippen LogP contribution in [0.25, 0.3) is 0 Å². The van der Waals surface area contributed by atoms with Crippen LogP contribution >= 0.6 is 12.4 Å². The van der Waals surface area contributed by atoms with Gasteiger partial charge in [-0.2, -0.15) is 0 Å². The molecule has 0 unspecified atom stereocenters. The minimum atomic E-state index is -1.27. The van der Waals surface area contributed by atoms with E-state index in [2.05, 4.69) is 4.74 Å². The smallest absolute Gasteiger partial charge is 0.450 e. The molecule has 0 aromatic rings. The Morgan fingerprint density at radius 2 is 2.25 bits per heavy atom. The molecule has 5 heteroatoms. The Labute approximate surface area is 53.0 Å². The molecule has 0 fully saturated rings. The van der Waals surface area contributed by atoms with Crippen LogP contribution in [0.2, 0.25) is 0 Å². The third-order valence-electron chi connectivity index (χ3n) is 0.343. The van der Waals surface area contributed by atoms with Crippen LogP contribution in [-0.4, -0.2) is 24.4 Å². The van der Waals surface area contributed by atoms with Gasteiger partial charge in [-0.25, -0.2) is 4.79 Å². The van der Waals surface area contributed by atoms with Crippen molar-refractivity contribution < 1.29 is 14.6 Å². The second kappa shape index (κ2) is 6.52. The minimum Gasteiger partial charge on any atom is -0.450 e. The first-order valence-electron chi connectivity index (χ1n) is 1.83. The van der Waals surface area contributed by atoms with E-state index in [-0.39, 0.29) is 25.6 Å². The molecule has 0 aliphatic carbocycles. The van der Waals surface area contributed by atoms with Gasteiger partial charge in [-0.15, -0.1) is 12.4 Å². The molecule has 0 heterocycles. The molecule has 0 aromatic carbocycles. The van der Waals surface area contributed by atoms with Crippen molar-refractivity contribution in [2.24, 2.45) is 5.73 Å². The summed E-state index contributed by atoms with van der Waals surface area (Å²) < 4.78 is 3.98. The molecule has 0 rings (SSSR count). The van der Waals surface area contributed by atoms with Gasteiger partial charge in [-0.05, 0) is 0 Å².